The van der Waals surface area contributed by atoms with Crippen LogP contribution in [0.15, 0.2) is 9.70 Å². The topological polar surface area (TPSA) is 72.6 Å². The summed E-state index contributed by atoms with van der Waals surface area (Å²) in [6.45, 7) is 5.12. The highest BCUT2D eigenvalue weighted by Crippen LogP contribution is 2.39. The number of thioether (sulfide) groups is 1. The molecule has 9 heteroatoms. The van der Waals surface area contributed by atoms with Crippen LogP contribution >= 0.6 is 24.0 Å². The molecule has 0 N–H and O–H groups in total. The zero-order valence-corrected chi connectivity index (χ0v) is 20.5. The zero-order valence-electron chi connectivity index (χ0n) is 18.9. The fraction of sp³-hybridized carbons (Fsp3) is 0.565. The summed E-state index contributed by atoms with van der Waals surface area (Å²) in [6.07, 6.45) is 7.29. The minimum absolute atomic E-state index is 0.0528. The molecule has 1 amide bonds. The smallest absolute Gasteiger partial charge is 0.270 e. The summed E-state index contributed by atoms with van der Waals surface area (Å²) in [5.74, 6) is 0.713. The fourth-order valence-corrected chi connectivity index (χ4v) is 6.26. The SMILES string of the molecule is Cc1c(/C=C2\SC(=S)N(C3CCCCC3)C2=O)c(N2CCN(C)CC2)n(C)c(=O)c1C#N. The summed E-state index contributed by atoms with van der Waals surface area (Å²) in [6, 6.07) is 2.25. The van der Waals surface area contributed by atoms with Gasteiger partial charge in [-0.25, -0.2) is 0 Å². The van der Waals surface area contributed by atoms with E-state index in [2.05, 4.69) is 22.9 Å². The van der Waals surface area contributed by atoms with Crippen molar-refractivity contribution in [3.8, 4) is 6.07 Å². The number of hydrogen-bond acceptors (Lipinski definition) is 7. The largest absolute Gasteiger partial charge is 0.355 e. The summed E-state index contributed by atoms with van der Waals surface area (Å²) < 4.78 is 2.17. The standard InChI is InChI=1S/C23H29N5O2S2/c1-15-17(13-19-22(30)28(23(31)32-19)16-7-5-4-6-8-16)20(26(3)21(29)18(15)14-24)27-11-9-25(2)10-12-27/h13,16H,4-12H2,1-3H3/b19-13-. The number of carbonyl (C=O) groups excluding carboxylic acids is 1. The van der Waals surface area contributed by atoms with E-state index in [0.717, 1.165) is 63.2 Å². The molecule has 2 saturated heterocycles. The van der Waals surface area contributed by atoms with E-state index < -0.39 is 0 Å². The average Bonchev–Trinajstić information content (AvgIpc) is 3.07. The first-order valence-corrected chi connectivity index (χ1v) is 12.4. The Kier molecular flexibility index (Phi) is 6.75. The molecule has 170 valence electrons. The van der Waals surface area contributed by atoms with E-state index in [1.165, 1.54) is 18.2 Å². The van der Waals surface area contributed by atoms with Gasteiger partial charge in [0, 0.05) is 44.8 Å². The second-order valence-electron chi connectivity index (χ2n) is 8.85. The first-order valence-electron chi connectivity index (χ1n) is 11.2. The number of aromatic nitrogens is 1. The zero-order chi connectivity index (χ0) is 23.0. The van der Waals surface area contributed by atoms with Crippen LogP contribution in [0.1, 0.15) is 48.8 Å². The van der Waals surface area contributed by atoms with Crippen molar-refractivity contribution in [1.29, 1.82) is 5.26 Å². The molecule has 0 aromatic carbocycles. The third-order valence-electron chi connectivity index (χ3n) is 6.81. The number of hydrogen-bond donors (Lipinski definition) is 0. The summed E-state index contributed by atoms with van der Waals surface area (Å²) in [5.41, 5.74) is 1.20. The van der Waals surface area contributed by atoms with Crippen molar-refractivity contribution in [1.82, 2.24) is 14.4 Å². The minimum Gasteiger partial charge on any atom is -0.355 e. The number of anilines is 1. The molecule has 0 atom stereocenters. The van der Waals surface area contributed by atoms with Crippen LogP contribution in [-0.4, -0.2) is 63.9 Å². The Bertz CT molecular complexity index is 1070. The van der Waals surface area contributed by atoms with Crippen LogP contribution in [0.25, 0.3) is 6.08 Å². The molecular weight excluding hydrogens is 442 g/mol. The predicted octanol–water partition coefficient (Wildman–Crippen LogP) is 2.85. The van der Waals surface area contributed by atoms with Crippen molar-refractivity contribution in [2.24, 2.45) is 7.05 Å². The normalized spacial score (nSPS) is 22.1. The number of rotatable bonds is 3. The monoisotopic (exact) mass is 471 g/mol. The number of likely N-dealkylation sites (N-methyl/N-ethyl adjacent to an activating group) is 1. The quantitative estimate of drug-likeness (QED) is 0.496. The molecule has 1 saturated carbocycles. The van der Waals surface area contributed by atoms with Gasteiger partial charge in [0.2, 0.25) is 0 Å². The number of nitrogens with zero attached hydrogens (tertiary/aromatic N) is 5. The van der Waals surface area contributed by atoms with E-state index in [9.17, 15) is 14.9 Å². The lowest BCUT2D eigenvalue weighted by Gasteiger charge is -2.36. The van der Waals surface area contributed by atoms with Crippen molar-refractivity contribution < 1.29 is 4.79 Å². The number of pyridine rings is 1. The molecule has 0 unspecified atom stereocenters. The van der Waals surface area contributed by atoms with Gasteiger partial charge in [-0.15, -0.1) is 0 Å². The molecule has 1 aromatic heterocycles. The van der Waals surface area contributed by atoms with Gasteiger partial charge in [-0.3, -0.25) is 19.1 Å². The van der Waals surface area contributed by atoms with Gasteiger partial charge in [0.15, 0.2) is 0 Å². The van der Waals surface area contributed by atoms with Gasteiger partial charge in [0.25, 0.3) is 11.5 Å². The van der Waals surface area contributed by atoms with Crippen molar-refractivity contribution >= 4 is 46.1 Å². The van der Waals surface area contributed by atoms with Gasteiger partial charge in [-0.2, -0.15) is 5.26 Å². The van der Waals surface area contributed by atoms with E-state index in [1.54, 1.807) is 23.4 Å². The van der Waals surface area contributed by atoms with Crippen LogP contribution in [0.3, 0.4) is 0 Å². The highest BCUT2D eigenvalue weighted by Gasteiger charge is 2.38. The number of piperazine rings is 1. The lowest BCUT2D eigenvalue weighted by Crippen LogP contribution is -2.46. The van der Waals surface area contributed by atoms with Crippen LogP contribution in [0.2, 0.25) is 0 Å². The van der Waals surface area contributed by atoms with Crippen molar-refractivity contribution in [3.63, 3.8) is 0 Å². The lowest BCUT2D eigenvalue weighted by molar-refractivity contribution is -0.124. The van der Waals surface area contributed by atoms with E-state index in [1.807, 2.05) is 6.08 Å². The minimum atomic E-state index is -0.300. The van der Waals surface area contributed by atoms with Crippen LogP contribution < -0.4 is 10.5 Å². The van der Waals surface area contributed by atoms with Gasteiger partial charge < -0.3 is 9.80 Å². The van der Waals surface area contributed by atoms with Gasteiger partial charge in [0.05, 0.1) is 4.91 Å². The fourth-order valence-electron chi connectivity index (χ4n) is 4.88. The molecule has 0 spiro atoms. The molecule has 3 aliphatic rings. The first-order chi connectivity index (χ1) is 15.3. The number of nitriles is 1. The maximum absolute atomic E-state index is 13.4. The lowest BCUT2D eigenvalue weighted by atomic mass is 9.94. The van der Waals surface area contributed by atoms with Gasteiger partial charge in [0.1, 0.15) is 21.8 Å². The van der Waals surface area contributed by atoms with Crippen LogP contribution in [-0.2, 0) is 11.8 Å². The molecule has 1 aliphatic carbocycles. The van der Waals surface area contributed by atoms with E-state index in [-0.39, 0.29) is 23.1 Å². The highest BCUT2D eigenvalue weighted by molar-refractivity contribution is 8.26. The van der Waals surface area contributed by atoms with Gasteiger partial charge in [-0.1, -0.05) is 43.2 Å². The molecule has 4 rings (SSSR count). The average molecular weight is 472 g/mol. The van der Waals surface area contributed by atoms with Crippen molar-refractivity contribution in [2.75, 3.05) is 38.1 Å². The summed E-state index contributed by atoms with van der Waals surface area (Å²) in [4.78, 5) is 33.1. The summed E-state index contributed by atoms with van der Waals surface area (Å²) >= 11 is 6.92. The Morgan fingerprint density at radius 2 is 1.75 bits per heavy atom. The Morgan fingerprint density at radius 1 is 1.09 bits per heavy atom. The number of amides is 1. The molecule has 1 aromatic rings. The molecule has 7 nitrogen and oxygen atoms in total. The molecule has 32 heavy (non-hydrogen) atoms. The molecule has 3 fully saturated rings. The summed E-state index contributed by atoms with van der Waals surface area (Å²) in [5, 5.41) is 9.65. The van der Waals surface area contributed by atoms with Gasteiger partial charge >= 0.3 is 0 Å². The molecular formula is C23H29N5O2S2. The van der Waals surface area contributed by atoms with Crippen molar-refractivity contribution in [3.05, 3.63) is 31.9 Å². The Balaban J connectivity index is 1.79. The van der Waals surface area contributed by atoms with E-state index >= 15 is 0 Å². The third-order valence-corrected chi connectivity index (χ3v) is 8.14. The first kappa shape index (κ1) is 23.0. The van der Waals surface area contributed by atoms with Crippen molar-refractivity contribution in [2.45, 2.75) is 45.1 Å². The molecule has 3 heterocycles. The highest BCUT2D eigenvalue weighted by atomic mass is 32.2. The van der Waals surface area contributed by atoms with Crippen LogP contribution in [0.4, 0.5) is 5.82 Å². The Labute approximate surface area is 198 Å². The van der Waals surface area contributed by atoms with E-state index in [0.29, 0.717) is 14.8 Å². The predicted molar refractivity (Wildman–Crippen MR) is 133 cm³/mol. The number of carbonyl (C=O) groups is 1. The maximum Gasteiger partial charge on any atom is 0.270 e. The second-order valence-corrected chi connectivity index (χ2v) is 10.5. The molecule has 0 bridgehead atoms. The molecule has 0 radical (unpaired) electrons. The maximum atomic E-state index is 13.4. The number of thiocarbonyl (C=S) groups is 1. The molecule has 2 aliphatic heterocycles. The van der Waals surface area contributed by atoms with E-state index in [4.69, 9.17) is 12.2 Å². The third kappa shape index (κ3) is 4.12. The van der Waals surface area contributed by atoms with Crippen LogP contribution in [0, 0.1) is 18.3 Å². The second kappa shape index (κ2) is 9.38. The Hall–Kier alpha value is -2.15. The Morgan fingerprint density at radius 3 is 2.38 bits per heavy atom. The van der Waals surface area contributed by atoms with Gasteiger partial charge in [-0.05, 0) is 38.5 Å². The summed E-state index contributed by atoms with van der Waals surface area (Å²) in [7, 11) is 3.79. The van der Waals surface area contributed by atoms with Crippen LogP contribution in [0.5, 0.6) is 0 Å².